The molecular formula is C59H108O12. The normalized spacial score (nSPS) is 18.5. The smallest absolute Gasteiger partial charge is 0.335 e. The van der Waals surface area contributed by atoms with Gasteiger partial charge in [0.1, 0.15) is 18.8 Å². The van der Waals surface area contributed by atoms with Crippen molar-refractivity contribution in [3.63, 3.8) is 0 Å². The molecule has 71 heavy (non-hydrogen) atoms. The second-order valence-corrected chi connectivity index (χ2v) is 20.6. The number of aliphatic carboxylic acids is 1. The van der Waals surface area contributed by atoms with E-state index in [9.17, 15) is 34.5 Å². The zero-order chi connectivity index (χ0) is 51.8. The Labute approximate surface area is 433 Å². The van der Waals surface area contributed by atoms with Crippen LogP contribution in [0.25, 0.3) is 0 Å². The van der Waals surface area contributed by atoms with Crippen LogP contribution in [0, 0.1) is 0 Å². The van der Waals surface area contributed by atoms with Crippen LogP contribution in [0.15, 0.2) is 12.2 Å². The molecule has 0 aromatic carbocycles. The van der Waals surface area contributed by atoms with Gasteiger partial charge in [-0.3, -0.25) is 14.4 Å². The lowest BCUT2D eigenvalue weighted by molar-refractivity contribution is -0.301. The summed E-state index contributed by atoms with van der Waals surface area (Å²) in [5.74, 6) is -3.09. The van der Waals surface area contributed by atoms with Crippen molar-refractivity contribution in [2.75, 3.05) is 13.2 Å². The minimum Gasteiger partial charge on any atom is -0.479 e. The zero-order valence-corrected chi connectivity index (χ0v) is 45.7. The van der Waals surface area contributed by atoms with E-state index in [1.165, 1.54) is 154 Å². The van der Waals surface area contributed by atoms with Gasteiger partial charge in [-0.05, 0) is 44.9 Å². The first kappa shape index (κ1) is 66.5. The van der Waals surface area contributed by atoms with E-state index in [0.717, 1.165) is 77.0 Å². The molecule has 0 aromatic heterocycles. The van der Waals surface area contributed by atoms with Gasteiger partial charge in [0.05, 0.1) is 6.61 Å². The highest BCUT2D eigenvalue weighted by atomic mass is 16.7. The number of hydrogen-bond donors (Lipinski definition) is 3. The number of carbonyl (C=O) groups is 4. The summed E-state index contributed by atoms with van der Waals surface area (Å²) in [6.45, 7) is 6.00. The molecule has 12 nitrogen and oxygen atoms in total. The molecule has 1 aliphatic rings. The van der Waals surface area contributed by atoms with Crippen molar-refractivity contribution in [2.45, 2.75) is 327 Å². The number of allylic oxidation sites excluding steroid dienone is 2. The van der Waals surface area contributed by atoms with Crippen LogP contribution in [-0.4, -0.2) is 89.2 Å². The van der Waals surface area contributed by atoms with Gasteiger partial charge in [0.2, 0.25) is 0 Å². The third-order valence-corrected chi connectivity index (χ3v) is 13.8. The molecule has 12 heteroatoms. The number of unbranched alkanes of at least 4 members (excludes halogenated alkanes) is 35. The van der Waals surface area contributed by atoms with Crippen LogP contribution in [0.2, 0.25) is 0 Å². The zero-order valence-electron chi connectivity index (χ0n) is 45.7. The van der Waals surface area contributed by atoms with Gasteiger partial charge in [-0.1, -0.05) is 238 Å². The number of hydrogen-bond acceptors (Lipinski definition) is 11. The van der Waals surface area contributed by atoms with Crippen molar-refractivity contribution in [1.82, 2.24) is 0 Å². The number of aliphatic hydroxyl groups excluding tert-OH is 2. The molecule has 0 bridgehead atoms. The maximum atomic E-state index is 13.1. The summed E-state index contributed by atoms with van der Waals surface area (Å²) < 4.78 is 28.4. The highest BCUT2D eigenvalue weighted by molar-refractivity contribution is 5.74. The summed E-state index contributed by atoms with van der Waals surface area (Å²) in [4.78, 5) is 51.0. The summed E-state index contributed by atoms with van der Waals surface area (Å²) >= 11 is 0. The Morgan fingerprint density at radius 2 is 0.803 bits per heavy atom. The van der Waals surface area contributed by atoms with Gasteiger partial charge in [0.25, 0.3) is 0 Å². The number of aliphatic hydroxyl groups is 2. The molecule has 1 rings (SSSR count). The van der Waals surface area contributed by atoms with Crippen molar-refractivity contribution in [2.24, 2.45) is 0 Å². The predicted molar refractivity (Wildman–Crippen MR) is 285 cm³/mol. The first-order chi connectivity index (χ1) is 34.6. The molecule has 3 N–H and O–H groups in total. The molecule has 6 unspecified atom stereocenters. The van der Waals surface area contributed by atoms with Crippen LogP contribution >= 0.6 is 0 Å². The Morgan fingerprint density at radius 3 is 1.21 bits per heavy atom. The van der Waals surface area contributed by atoms with E-state index in [0.29, 0.717) is 19.3 Å². The molecular weight excluding hydrogens is 901 g/mol. The monoisotopic (exact) mass is 1010 g/mol. The van der Waals surface area contributed by atoms with Crippen LogP contribution in [0.1, 0.15) is 290 Å². The van der Waals surface area contributed by atoms with E-state index in [4.69, 9.17) is 23.7 Å². The standard InChI is InChI=1S/C59H108O12/c1-4-7-10-13-16-19-22-25-26-29-32-35-38-41-44-47-53(62)70-57-55(64)54(63)56(58(65)66)71-59(57)68-49-50(69-52(61)46-43-40-37-34-31-28-24-21-18-15-12-9-6-3)48-67-51(60)45-42-39-36-33-30-27-23-20-17-14-11-8-5-2/h20,23,50,54-57,59,63-64H,4-19,21-22,24-49H2,1-3H3,(H,65,66)/b23-20-. The van der Waals surface area contributed by atoms with Gasteiger partial charge < -0.3 is 39.0 Å². The highest BCUT2D eigenvalue weighted by Gasteiger charge is 2.50. The number of carbonyl (C=O) groups excluding carboxylic acids is 3. The Balaban J connectivity index is 2.68. The summed E-state index contributed by atoms with van der Waals surface area (Å²) in [7, 11) is 0. The van der Waals surface area contributed by atoms with Crippen LogP contribution in [0.4, 0.5) is 0 Å². The van der Waals surface area contributed by atoms with Gasteiger partial charge in [-0.15, -0.1) is 0 Å². The fourth-order valence-corrected chi connectivity index (χ4v) is 9.25. The van der Waals surface area contributed by atoms with E-state index in [1.807, 2.05) is 0 Å². The molecule has 0 spiro atoms. The van der Waals surface area contributed by atoms with Gasteiger partial charge in [-0.25, -0.2) is 4.79 Å². The Morgan fingerprint density at radius 1 is 0.451 bits per heavy atom. The lowest BCUT2D eigenvalue weighted by atomic mass is 9.98. The number of ether oxygens (including phenoxy) is 5. The van der Waals surface area contributed by atoms with Gasteiger partial charge in [0.15, 0.2) is 24.6 Å². The van der Waals surface area contributed by atoms with E-state index in [2.05, 4.69) is 32.9 Å². The largest absolute Gasteiger partial charge is 0.479 e. The van der Waals surface area contributed by atoms with Crippen molar-refractivity contribution < 1.29 is 58.2 Å². The average molecular weight is 1010 g/mol. The van der Waals surface area contributed by atoms with Crippen molar-refractivity contribution in [3.8, 4) is 0 Å². The summed E-state index contributed by atoms with van der Waals surface area (Å²) in [6, 6.07) is 0. The van der Waals surface area contributed by atoms with Gasteiger partial charge >= 0.3 is 23.9 Å². The first-order valence-electron chi connectivity index (χ1n) is 29.7. The lowest BCUT2D eigenvalue weighted by Crippen LogP contribution is -2.61. The topological polar surface area (TPSA) is 175 Å². The number of rotatable bonds is 51. The first-order valence-corrected chi connectivity index (χ1v) is 29.7. The minimum atomic E-state index is -1.90. The van der Waals surface area contributed by atoms with Crippen LogP contribution in [-0.2, 0) is 42.9 Å². The molecule has 0 amide bonds. The summed E-state index contributed by atoms with van der Waals surface area (Å²) in [5.41, 5.74) is 0. The van der Waals surface area contributed by atoms with E-state index < -0.39 is 67.3 Å². The minimum absolute atomic E-state index is 0.0681. The number of carboxylic acids is 1. The third kappa shape index (κ3) is 38.7. The summed E-state index contributed by atoms with van der Waals surface area (Å²) in [5, 5.41) is 31.4. The second-order valence-electron chi connectivity index (χ2n) is 20.6. The number of esters is 3. The van der Waals surface area contributed by atoms with Crippen LogP contribution in [0.5, 0.6) is 0 Å². The average Bonchev–Trinajstić information content (AvgIpc) is 3.35. The number of carboxylic acid groups (broad SMARTS) is 1. The Kier molecular flexibility index (Phi) is 45.3. The molecule has 416 valence electrons. The molecule has 1 saturated heterocycles. The molecule has 0 aliphatic carbocycles. The Hall–Kier alpha value is -2.54. The quantitative estimate of drug-likeness (QED) is 0.0228. The molecule has 0 radical (unpaired) electrons. The predicted octanol–water partition coefficient (Wildman–Crippen LogP) is 14.9. The Bertz CT molecular complexity index is 1290. The second kappa shape index (κ2) is 48.4. The SMILES string of the molecule is CCCCCC/C=C\CCCCCCCC(=O)OCC(COC1OC(C(=O)O)C(O)C(O)C1OC(=O)CCCCCCCCCCCCCCCCC)OC(=O)CCCCCCCCCCCCCCC. The van der Waals surface area contributed by atoms with Gasteiger partial charge in [0, 0.05) is 19.3 Å². The highest BCUT2D eigenvalue weighted by Crippen LogP contribution is 2.27. The third-order valence-electron chi connectivity index (χ3n) is 13.8. The lowest BCUT2D eigenvalue weighted by Gasteiger charge is -2.40. The maximum absolute atomic E-state index is 13.1. The van der Waals surface area contributed by atoms with E-state index in [1.54, 1.807) is 0 Å². The maximum Gasteiger partial charge on any atom is 0.335 e. The molecule has 1 aliphatic heterocycles. The van der Waals surface area contributed by atoms with Crippen LogP contribution < -0.4 is 0 Å². The molecule has 1 heterocycles. The molecule has 0 saturated carbocycles. The fraction of sp³-hybridized carbons (Fsp3) is 0.898. The van der Waals surface area contributed by atoms with Crippen molar-refractivity contribution in [1.29, 1.82) is 0 Å². The molecule has 6 atom stereocenters. The van der Waals surface area contributed by atoms with Crippen LogP contribution in [0.3, 0.4) is 0 Å². The molecule has 0 aromatic rings. The van der Waals surface area contributed by atoms with Crippen molar-refractivity contribution in [3.05, 3.63) is 12.2 Å². The fourth-order valence-electron chi connectivity index (χ4n) is 9.25. The summed E-state index contributed by atoms with van der Waals surface area (Å²) in [6.07, 6.45) is 40.4. The van der Waals surface area contributed by atoms with E-state index >= 15 is 0 Å². The molecule has 1 fully saturated rings. The van der Waals surface area contributed by atoms with E-state index in [-0.39, 0.29) is 25.9 Å². The van der Waals surface area contributed by atoms with Gasteiger partial charge in [-0.2, -0.15) is 0 Å². The van der Waals surface area contributed by atoms with Crippen molar-refractivity contribution >= 4 is 23.9 Å².